The van der Waals surface area contributed by atoms with E-state index in [2.05, 4.69) is 0 Å². The van der Waals surface area contributed by atoms with Crippen molar-refractivity contribution in [3.63, 3.8) is 0 Å². The third-order valence-corrected chi connectivity index (χ3v) is 2.97. The molecule has 2 aromatic rings. The Morgan fingerprint density at radius 2 is 1.84 bits per heavy atom. The highest BCUT2D eigenvalue weighted by Gasteiger charge is 2.11. The quantitative estimate of drug-likeness (QED) is 0.653. The van der Waals surface area contributed by atoms with Gasteiger partial charge >= 0.3 is 0 Å². The maximum Gasteiger partial charge on any atom is 0.139 e. The van der Waals surface area contributed by atoms with Crippen LogP contribution >= 0.6 is 0 Å². The lowest BCUT2D eigenvalue weighted by Crippen LogP contribution is -2.19. The van der Waals surface area contributed by atoms with E-state index < -0.39 is 5.82 Å². The molecular weight excluding hydrogens is 241 g/mol. The fourth-order valence-corrected chi connectivity index (χ4v) is 1.94. The molecule has 0 fully saturated rings. The van der Waals surface area contributed by atoms with Crippen molar-refractivity contribution in [2.45, 2.75) is 6.54 Å². The Morgan fingerprint density at radius 3 is 2.47 bits per heavy atom. The summed E-state index contributed by atoms with van der Waals surface area (Å²) in [5.41, 5.74) is 7.04. The maximum atomic E-state index is 14.2. The minimum absolute atomic E-state index is 0.152. The minimum Gasteiger partial charge on any atom is -0.384 e. The van der Waals surface area contributed by atoms with E-state index in [1.54, 1.807) is 12.1 Å². The number of anilines is 1. The lowest BCUT2D eigenvalue weighted by molar-refractivity contribution is 0.605. The number of hydrogen-bond acceptors (Lipinski definition) is 2. The molecule has 3 nitrogen and oxygen atoms in total. The van der Waals surface area contributed by atoms with E-state index in [9.17, 15) is 4.39 Å². The Kier molecular flexibility index (Phi) is 3.80. The fourth-order valence-electron chi connectivity index (χ4n) is 1.94. The molecule has 0 unspecified atom stereocenters. The van der Waals surface area contributed by atoms with E-state index in [4.69, 9.17) is 11.1 Å². The zero-order valence-corrected chi connectivity index (χ0v) is 10.7. The molecular formula is C15H16FN3. The van der Waals surface area contributed by atoms with Crippen LogP contribution in [0.25, 0.3) is 0 Å². The zero-order chi connectivity index (χ0) is 13.8. The molecule has 0 saturated heterocycles. The fraction of sp³-hybridized carbons (Fsp3) is 0.133. The van der Waals surface area contributed by atoms with Crippen LogP contribution in [0.5, 0.6) is 0 Å². The first kappa shape index (κ1) is 13.1. The minimum atomic E-state index is -0.419. The van der Waals surface area contributed by atoms with Gasteiger partial charge in [-0.1, -0.05) is 30.3 Å². The van der Waals surface area contributed by atoms with Gasteiger partial charge in [0.25, 0.3) is 0 Å². The predicted octanol–water partition coefficient (Wildman–Crippen LogP) is 2.75. The molecule has 0 aliphatic heterocycles. The summed E-state index contributed by atoms with van der Waals surface area (Å²) in [4.78, 5) is 1.95. The van der Waals surface area contributed by atoms with E-state index in [0.29, 0.717) is 12.1 Å². The summed E-state index contributed by atoms with van der Waals surface area (Å²) in [6.45, 7) is 0.428. The van der Waals surface area contributed by atoms with Gasteiger partial charge in [0.05, 0.1) is 5.56 Å². The van der Waals surface area contributed by atoms with Crippen LogP contribution in [0.2, 0.25) is 0 Å². The number of amidine groups is 1. The first-order valence-corrected chi connectivity index (χ1v) is 5.97. The number of nitrogens with two attached hydrogens (primary N) is 1. The van der Waals surface area contributed by atoms with Crippen molar-refractivity contribution >= 4 is 11.5 Å². The highest BCUT2D eigenvalue weighted by atomic mass is 19.1. The average Bonchev–Trinajstić information content (AvgIpc) is 2.41. The molecule has 4 heteroatoms. The number of rotatable bonds is 4. The highest BCUT2D eigenvalue weighted by Crippen LogP contribution is 2.18. The van der Waals surface area contributed by atoms with Crippen LogP contribution in [0.4, 0.5) is 10.1 Å². The van der Waals surface area contributed by atoms with Gasteiger partial charge in [-0.25, -0.2) is 4.39 Å². The average molecular weight is 257 g/mol. The number of hydrogen-bond donors (Lipinski definition) is 2. The van der Waals surface area contributed by atoms with Crippen LogP contribution in [0, 0.1) is 11.2 Å². The van der Waals surface area contributed by atoms with Gasteiger partial charge < -0.3 is 10.6 Å². The van der Waals surface area contributed by atoms with E-state index >= 15 is 0 Å². The molecule has 0 aliphatic rings. The molecule has 98 valence electrons. The Morgan fingerprint density at radius 1 is 1.16 bits per heavy atom. The Hall–Kier alpha value is -2.36. The predicted molar refractivity (Wildman–Crippen MR) is 76.0 cm³/mol. The summed E-state index contributed by atoms with van der Waals surface area (Å²) >= 11 is 0. The van der Waals surface area contributed by atoms with Crippen LogP contribution < -0.4 is 10.6 Å². The summed E-state index contributed by atoms with van der Waals surface area (Å²) in [5.74, 6) is -0.667. The SMILES string of the molecule is CN(Cc1cccc(C(=N)N)c1F)c1ccccc1. The molecule has 19 heavy (non-hydrogen) atoms. The number of benzene rings is 2. The molecule has 0 radical (unpaired) electrons. The van der Waals surface area contributed by atoms with E-state index in [0.717, 1.165) is 5.69 Å². The highest BCUT2D eigenvalue weighted by molar-refractivity contribution is 5.95. The topological polar surface area (TPSA) is 53.1 Å². The molecule has 2 aromatic carbocycles. The molecule has 0 aromatic heterocycles. The summed E-state index contributed by atoms with van der Waals surface area (Å²) in [6, 6.07) is 14.7. The molecule has 0 spiro atoms. The summed E-state index contributed by atoms with van der Waals surface area (Å²) in [6.07, 6.45) is 0. The molecule has 2 rings (SSSR count). The second-order valence-corrected chi connectivity index (χ2v) is 4.38. The third kappa shape index (κ3) is 2.91. The Balaban J connectivity index is 2.25. The van der Waals surface area contributed by atoms with Crippen molar-refractivity contribution < 1.29 is 4.39 Å². The Bertz CT molecular complexity index is 581. The number of halogens is 1. The first-order chi connectivity index (χ1) is 9.09. The van der Waals surface area contributed by atoms with Gasteiger partial charge in [-0.3, -0.25) is 5.41 Å². The second kappa shape index (κ2) is 5.52. The van der Waals surface area contributed by atoms with Gasteiger partial charge in [0.15, 0.2) is 0 Å². The van der Waals surface area contributed by atoms with Gasteiger partial charge in [0, 0.05) is 24.8 Å². The number of nitrogen functional groups attached to an aromatic ring is 1. The molecule has 0 aliphatic carbocycles. The maximum absolute atomic E-state index is 14.2. The second-order valence-electron chi connectivity index (χ2n) is 4.38. The van der Waals surface area contributed by atoms with Crippen molar-refractivity contribution in [2.24, 2.45) is 5.73 Å². The molecule has 0 bridgehead atoms. The summed E-state index contributed by atoms with van der Waals surface area (Å²) < 4.78 is 14.2. The van der Waals surface area contributed by atoms with Crippen molar-refractivity contribution in [3.05, 3.63) is 65.5 Å². The van der Waals surface area contributed by atoms with E-state index in [1.165, 1.54) is 6.07 Å². The van der Waals surface area contributed by atoms with Crippen molar-refractivity contribution in [1.29, 1.82) is 5.41 Å². The van der Waals surface area contributed by atoms with E-state index in [-0.39, 0.29) is 11.4 Å². The first-order valence-electron chi connectivity index (χ1n) is 5.97. The summed E-state index contributed by atoms with van der Waals surface area (Å²) in [5, 5.41) is 7.34. The van der Waals surface area contributed by atoms with Crippen molar-refractivity contribution in [2.75, 3.05) is 11.9 Å². The molecule has 3 N–H and O–H groups in total. The molecule has 0 saturated carbocycles. The largest absolute Gasteiger partial charge is 0.384 e. The van der Waals surface area contributed by atoms with Crippen molar-refractivity contribution in [1.82, 2.24) is 0 Å². The van der Waals surface area contributed by atoms with Gasteiger partial charge in [0.1, 0.15) is 11.7 Å². The molecule has 0 atom stereocenters. The van der Waals surface area contributed by atoms with Crippen LogP contribution in [0.15, 0.2) is 48.5 Å². The van der Waals surface area contributed by atoms with Gasteiger partial charge in [-0.2, -0.15) is 0 Å². The smallest absolute Gasteiger partial charge is 0.139 e. The van der Waals surface area contributed by atoms with Gasteiger partial charge in [0.2, 0.25) is 0 Å². The van der Waals surface area contributed by atoms with Gasteiger partial charge in [-0.15, -0.1) is 0 Å². The van der Waals surface area contributed by atoms with Crippen LogP contribution in [-0.4, -0.2) is 12.9 Å². The summed E-state index contributed by atoms with van der Waals surface area (Å²) in [7, 11) is 1.90. The lowest BCUT2D eigenvalue weighted by Gasteiger charge is -2.20. The number of nitrogens with zero attached hydrogens (tertiary/aromatic N) is 1. The third-order valence-electron chi connectivity index (χ3n) is 2.97. The molecule has 0 heterocycles. The monoisotopic (exact) mass is 257 g/mol. The number of para-hydroxylation sites is 1. The molecule has 0 amide bonds. The van der Waals surface area contributed by atoms with Crippen molar-refractivity contribution in [3.8, 4) is 0 Å². The van der Waals surface area contributed by atoms with E-state index in [1.807, 2.05) is 42.3 Å². The standard InChI is InChI=1S/C15H16FN3/c1-19(12-7-3-2-4-8-12)10-11-6-5-9-13(14(11)16)15(17)18/h2-9H,10H2,1H3,(H3,17,18). The van der Waals surface area contributed by atoms with Gasteiger partial charge in [-0.05, 0) is 18.2 Å². The van der Waals surface area contributed by atoms with Crippen LogP contribution in [0.1, 0.15) is 11.1 Å². The Labute approximate surface area is 112 Å². The van der Waals surface area contributed by atoms with Crippen LogP contribution in [-0.2, 0) is 6.54 Å². The number of nitrogens with one attached hydrogen (secondary N) is 1. The normalized spacial score (nSPS) is 10.2. The lowest BCUT2D eigenvalue weighted by atomic mass is 10.1. The van der Waals surface area contributed by atoms with Crippen LogP contribution in [0.3, 0.4) is 0 Å². The zero-order valence-electron chi connectivity index (χ0n) is 10.7.